The molecule has 0 N–H and O–H groups in total. The molecule has 0 spiro atoms. The van der Waals surface area contributed by atoms with Crippen LogP contribution in [-0.4, -0.2) is 19.2 Å². The normalized spacial score (nSPS) is 22.2. The van der Waals surface area contributed by atoms with Gasteiger partial charge in [0.05, 0.1) is 0 Å². The molecule has 1 heterocycles. The highest BCUT2D eigenvalue weighted by Crippen LogP contribution is 2.46. The van der Waals surface area contributed by atoms with Gasteiger partial charge in [-0.1, -0.05) is 99.1 Å². The summed E-state index contributed by atoms with van der Waals surface area (Å²) in [4.78, 5) is 4.64. The highest BCUT2D eigenvalue weighted by atomic mass is 28.3. The van der Waals surface area contributed by atoms with Gasteiger partial charge in [-0.15, -0.1) is 0 Å². The molecule has 1 aromatic carbocycles. The minimum atomic E-state index is -1.87. The molecule has 3 heteroatoms. The highest BCUT2D eigenvalue weighted by Gasteiger charge is 2.47. The molecule has 0 unspecified atom stereocenters. The quantitative estimate of drug-likeness (QED) is 0.367. The van der Waals surface area contributed by atoms with E-state index in [1.165, 1.54) is 23.6 Å². The second-order valence-corrected chi connectivity index (χ2v) is 17.9. The topological polar surface area (TPSA) is 22.1 Å². The number of nitrogens with zero attached hydrogens (tertiary/aromatic N) is 1. The lowest BCUT2D eigenvalue weighted by Crippen LogP contribution is -2.56. The fourth-order valence-corrected chi connectivity index (χ4v) is 14.0. The Morgan fingerprint density at radius 2 is 1.52 bits per heavy atom. The van der Waals surface area contributed by atoms with Gasteiger partial charge in [0.2, 0.25) is 0 Å². The molecule has 0 bridgehead atoms. The van der Waals surface area contributed by atoms with Crippen LogP contribution in [0.5, 0.6) is 5.75 Å². The van der Waals surface area contributed by atoms with Crippen LogP contribution in [0.2, 0.25) is 16.6 Å². The minimum Gasteiger partial charge on any atom is -0.490 e. The monoisotopic (exact) mass is 465 g/mol. The lowest BCUT2D eigenvalue weighted by Gasteiger charge is -2.46. The summed E-state index contributed by atoms with van der Waals surface area (Å²) in [5.74, 6) is 2.30. The summed E-state index contributed by atoms with van der Waals surface area (Å²) in [6, 6.07) is 13.2. The van der Waals surface area contributed by atoms with E-state index in [9.17, 15) is 0 Å². The Balaban J connectivity index is 2.04. The fraction of sp³-hybridized carbons (Fsp3) is 0.633. The van der Waals surface area contributed by atoms with E-state index in [0.29, 0.717) is 28.5 Å². The van der Waals surface area contributed by atoms with Crippen molar-refractivity contribution in [2.75, 3.05) is 0 Å². The van der Waals surface area contributed by atoms with E-state index in [-0.39, 0.29) is 11.5 Å². The highest BCUT2D eigenvalue weighted by molar-refractivity contribution is 6.95. The van der Waals surface area contributed by atoms with Gasteiger partial charge < -0.3 is 4.74 Å². The molecule has 0 saturated heterocycles. The predicted octanol–water partition coefficient (Wildman–Crippen LogP) is 8.13. The number of aromatic nitrogens is 1. The number of benzene rings is 1. The average Bonchev–Trinajstić information content (AvgIpc) is 2.75. The molecule has 1 aliphatic carbocycles. The van der Waals surface area contributed by atoms with Crippen molar-refractivity contribution in [3.8, 4) is 5.75 Å². The Morgan fingerprint density at radius 3 is 2.09 bits per heavy atom. The molecule has 182 valence electrons. The summed E-state index contributed by atoms with van der Waals surface area (Å²) in [6.45, 7) is 21.8. The first-order valence-electron chi connectivity index (χ1n) is 13.2. The smallest absolute Gasteiger partial charge is 0.122 e. The Labute approximate surface area is 204 Å². The summed E-state index contributed by atoms with van der Waals surface area (Å²) in [5, 5.41) is 1.43. The van der Waals surface area contributed by atoms with Crippen molar-refractivity contribution in [2.24, 2.45) is 11.8 Å². The second-order valence-electron chi connectivity index (χ2n) is 12.0. The summed E-state index contributed by atoms with van der Waals surface area (Å²) >= 11 is 0. The van der Waals surface area contributed by atoms with E-state index in [2.05, 4.69) is 110 Å². The molecule has 33 heavy (non-hydrogen) atoms. The van der Waals surface area contributed by atoms with E-state index < -0.39 is 8.07 Å². The molecule has 0 radical (unpaired) electrons. The first-order valence-corrected chi connectivity index (χ1v) is 15.4. The second kappa shape index (κ2) is 10.3. The zero-order chi connectivity index (χ0) is 24.4. The van der Waals surface area contributed by atoms with Crippen LogP contribution in [0.3, 0.4) is 0 Å². The number of hydrogen-bond acceptors (Lipinski definition) is 2. The Hall–Kier alpha value is -1.61. The van der Waals surface area contributed by atoms with Crippen LogP contribution in [0, 0.1) is 11.8 Å². The van der Waals surface area contributed by atoms with Crippen molar-refractivity contribution in [1.29, 1.82) is 0 Å². The Kier molecular flexibility index (Phi) is 8.14. The van der Waals surface area contributed by atoms with Crippen molar-refractivity contribution < 1.29 is 4.74 Å². The molecule has 1 fully saturated rings. The van der Waals surface area contributed by atoms with Crippen LogP contribution in [0.15, 0.2) is 48.8 Å². The number of pyridine rings is 1. The standard InChI is InChI=1S/C30H47NOSi/c1-21(2)33(22(3)4,23(5)6)29-20-31-18-17-27(29)32-28-19-24(7)15-16-26(28)30(8,9)25-13-11-10-12-14-25/h10-14,17-18,20-24,26,28H,15-16,19H2,1-9H3/t24-,26-,28-/m1/s1. The van der Waals surface area contributed by atoms with Crippen molar-refractivity contribution in [3.63, 3.8) is 0 Å². The van der Waals surface area contributed by atoms with Gasteiger partial charge in [-0.05, 0) is 52.4 Å². The molecular formula is C30H47NOSi. The largest absolute Gasteiger partial charge is 0.490 e. The lowest BCUT2D eigenvalue weighted by atomic mass is 9.64. The summed E-state index contributed by atoms with van der Waals surface area (Å²) < 4.78 is 7.13. The maximum absolute atomic E-state index is 7.13. The SMILES string of the molecule is CC(C)[Si](c1cnccc1O[C@@H]1C[C@H](C)CC[C@H]1C(C)(C)c1ccccc1)(C(C)C)C(C)C. The van der Waals surface area contributed by atoms with Crippen LogP contribution in [-0.2, 0) is 5.41 Å². The van der Waals surface area contributed by atoms with Gasteiger partial charge in [0, 0.05) is 23.5 Å². The van der Waals surface area contributed by atoms with Gasteiger partial charge >= 0.3 is 0 Å². The Morgan fingerprint density at radius 1 is 0.909 bits per heavy atom. The number of rotatable bonds is 8. The van der Waals surface area contributed by atoms with Gasteiger partial charge in [0.25, 0.3) is 0 Å². The number of hydrogen-bond donors (Lipinski definition) is 0. The fourth-order valence-electron chi connectivity index (χ4n) is 7.27. The van der Waals surface area contributed by atoms with E-state index >= 15 is 0 Å². The van der Waals surface area contributed by atoms with E-state index in [0.717, 1.165) is 12.2 Å². The van der Waals surface area contributed by atoms with Crippen LogP contribution < -0.4 is 9.92 Å². The average molecular weight is 466 g/mol. The summed E-state index contributed by atoms with van der Waals surface area (Å²) in [5.41, 5.74) is 3.38. The first-order chi connectivity index (χ1) is 15.5. The summed E-state index contributed by atoms with van der Waals surface area (Å²) in [6.07, 6.45) is 7.95. The third kappa shape index (κ3) is 4.94. The van der Waals surface area contributed by atoms with Crippen molar-refractivity contribution in [1.82, 2.24) is 4.98 Å². The molecule has 3 rings (SSSR count). The summed E-state index contributed by atoms with van der Waals surface area (Å²) in [7, 11) is -1.87. The Bertz CT molecular complexity index is 867. The zero-order valence-electron chi connectivity index (χ0n) is 22.6. The van der Waals surface area contributed by atoms with Gasteiger partial charge in [0.15, 0.2) is 0 Å². The van der Waals surface area contributed by atoms with Gasteiger partial charge in [0.1, 0.15) is 19.9 Å². The van der Waals surface area contributed by atoms with Gasteiger partial charge in [-0.2, -0.15) is 0 Å². The van der Waals surface area contributed by atoms with E-state index in [1.807, 2.05) is 6.20 Å². The molecule has 0 aliphatic heterocycles. The maximum atomic E-state index is 7.13. The molecule has 2 aromatic rings. The van der Waals surface area contributed by atoms with Crippen LogP contribution in [0.25, 0.3) is 0 Å². The van der Waals surface area contributed by atoms with Crippen molar-refractivity contribution in [3.05, 3.63) is 54.4 Å². The van der Waals surface area contributed by atoms with E-state index in [4.69, 9.17) is 4.74 Å². The molecule has 1 aliphatic rings. The van der Waals surface area contributed by atoms with Crippen molar-refractivity contribution in [2.45, 2.75) is 110 Å². The molecule has 1 saturated carbocycles. The molecule has 1 aromatic heterocycles. The van der Waals surface area contributed by atoms with Gasteiger partial charge in [-0.3, -0.25) is 4.98 Å². The molecular weight excluding hydrogens is 418 g/mol. The van der Waals surface area contributed by atoms with Crippen LogP contribution in [0.1, 0.15) is 87.1 Å². The third-order valence-electron chi connectivity index (χ3n) is 8.89. The number of ether oxygens (including phenoxy) is 1. The maximum Gasteiger partial charge on any atom is 0.122 e. The van der Waals surface area contributed by atoms with Crippen molar-refractivity contribution >= 4 is 13.3 Å². The predicted molar refractivity (Wildman–Crippen MR) is 145 cm³/mol. The lowest BCUT2D eigenvalue weighted by molar-refractivity contribution is 0.0333. The molecule has 3 atom stereocenters. The minimum absolute atomic E-state index is 0.0714. The van der Waals surface area contributed by atoms with E-state index in [1.54, 1.807) is 0 Å². The zero-order valence-corrected chi connectivity index (χ0v) is 23.6. The first kappa shape index (κ1) is 26.0. The molecule has 2 nitrogen and oxygen atoms in total. The third-order valence-corrected chi connectivity index (χ3v) is 15.9. The van der Waals surface area contributed by atoms with Crippen LogP contribution in [0.4, 0.5) is 0 Å². The molecule has 0 amide bonds. The van der Waals surface area contributed by atoms with Crippen LogP contribution >= 0.6 is 0 Å². The van der Waals surface area contributed by atoms with Gasteiger partial charge in [-0.25, -0.2) is 0 Å².